The molecule has 5 nitrogen and oxygen atoms in total. The average Bonchev–Trinajstić information content (AvgIpc) is 3.14. The first-order valence-corrected chi connectivity index (χ1v) is 8.57. The minimum Gasteiger partial charge on any atom is -0.492 e. The number of thiazole rings is 1. The highest BCUT2D eigenvalue weighted by Gasteiger charge is 2.33. The van der Waals surface area contributed by atoms with E-state index in [0.29, 0.717) is 0 Å². The number of likely N-dealkylation sites (tertiary alicyclic amines) is 1. The number of rotatable bonds is 3. The highest BCUT2D eigenvalue weighted by Crippen LogP contribution is 2.34. The summed E-state index contributed by atoms with van der Waals surface area (Å²) in [6.45, 7) is 2.29. The van der Waals surface area contributed by atoms with Crippen LogP contribution in [0.3, 0.4) is 0 Å². The standard InChI is InChI=1S/C16H18N4OS/c21-15-14(22-16-17-11-18-20(15)16)13(12-7-3-1-4-8-12)19-9-5-2-6-10-19/h1,3-4,7-8,11,13,21H,2,5-6,9-10H2/p+1/t13-/m1/s1. The summed E-state index contributed by atoms with van der Waals surface area (Å²) in [5.41, 5.74) is 1.25. The van der Waals surface area contributed by atoms with Gasteiger partial charge in [0, 0.05) is 5.56 Å². The Morgan fingerprint density at radius 1 is 1.14 bits per heavy atom. The first kappa shape index (κ1) is 13.7. The molecule has 22 heavy (non-hydrogen) atoms. The molecule has 0 bridgehead atoms. The summed E-state index contributed by atoms with van der Waals surface area (Å²) in [7, 11) is 0. The fraction of sp³-hybridized carbons (Fsp3) is 0.375. The van der Waals surface area contributed by atoms with Gasteiger partial charge >= 0.3 is 0 Å². The van der Waals surface area contributed by atoms with E-state index < -0.39 is 0 Å². The van der Waals surface area contributed by atoms with Gasteiger partial charge in [0.15, 0.2) is 6.04 Å². The lowest BCUT2D eigenvalue weighted by molar-refractivity contribution is -0.929. The lowest BCUT2D eigenvalue weighted by Crippen LogP contribution is -3.13. The van der Waals surface area contributed by atoms with Gasteiger partial charge in [0.1, 0.15) is 11.2 Å². The van der Waals surface area contributed by atoms with Crippen molar-refractivity contribution in [3.63, 3.8) is 0 Å². The Morgan fingerprint density at radius 3 is 2.64 bits per heavy atom. The van der Waals surface area contributed by atoms with Gasteiger partial charge in [-0.25, -0.2) is 4.98 Å². The molecular weight excluding hydrogens is 296 g/mol. The maximum absolute atomic E-state index is 10.6. The third-order valence-corrected chi connectivity index (χ3v) is 5.54. The second-order valence-electron chi connectivity index (χ2n) is 5.81. The number of nitrogens with zero attached hydrogens (tertiary/aromatic N) is 3. The molecule has 4 rings (SSSR count). The van der Waals surface area contributed by atoms with Gasteiger partial charge in [-0.3, -0.25) is 0 Å². The summed E-state index contributed by atoms with van der Waals surface area (Å²) in [6, 6.07) is 10.6. The van der Waals surface area contributed by atoms with E-state index >= 15 is 0 Å². The maximum Gasteiger partial charge on any atom is 0.235 e. The third kappa shape index (κ3) is 2.28. The van der Waals surface area contributed by atoms with Crippen molar-refractivity contribution >= 4 is 16.3 Å². The van der Waals surface area contributed by atoms with E-state index in [-0.39, 0.29) is 11.9 Å². The van der Waals surface area contributed by atoms with Gasteiger partial charge in [-0.05, 0) is 19.3 Å². The maximum atomic E-state index is 10.6. The number of benzene rings is 1. The number of hydrogen-bond donors (Lipinski definition) is 2. The number of quaternary nitrogens is 1. The monoisotopic (exact) mass is 315 g/mol. The average molecular weight is 315 g/mol. The molecule has 1 aliphatic heterocycles. The number of hydrogen-bond acceptors (Lipinski definition) is 4. The molecule has 0 amide bonds. The molecule has 0 aliphatic carbocycles. The van der Waals surface area contributed by atoms with E-state index in [1.165, 1.54) is 36.1 Å². The Bertz CT molecular complexity index is 761. The summed E-state index contributed by atoms with van der Waals surface area (Å²) in [6.07, 6.45) is 5.30. The van der Waals surface area contributed by atoms with E-state index in [4.69, 9.17) is 0 Å². The summed E-state index contributed by atoms with van der Waals surface area (Å²) in [5.74, 6) is 0.240. The Balaban J connectivity index is 1.82. The SMILES string of the molecule is Oc1c([C@@H](c2ccccc2)[NH+]2CCCCC2)sc2ncnn12. The lowest BCUT2D eigenvalue weighted by Gasteiger charge is -2.31. The molecule has 6 heteroatoms. The molecule has 0 radical (unpaired) electrons. The molecule has 1 fully saturated rings. The van der Waals surface area contributed by atoms with Crippen LogP contribution in [0.1, 0.15) is 35.7 Å². The van der Waals surface area contributed by atoms with Gasteiger partial charge in [0.25, 0.3) is 0 Å². The molecule has 0 unspecified atom stereocenters. The van der Waals surface area contributed by atoms with Gasteiger partial charge in [-0.15, -0.1) is 0 Å². The van der Waals surface area contributed by atoms with Crippen LogP contribution < -0.4 is 4.90 Å². The quantitative estimate of drug-likeness (QED) is 0.773. The number of nitrogens with one attached hydrogen (secondary N) is 1. The van der Waals surface area contributed by atoms with Crippen molar-refractivity contribution in [1.82, 2.24) is 14.6 Å². The fourth-order valence-corrected chi connectivity index (χ4v) is 4.51. The second kappa shape index (κ2) is 5.70. The van der Waals surface area contributed by atoms with Gasteiger partial charge in [0.2, 0.25) is 10.8 Å². The van der Waals surface area contributed by atoms with Crippen LogP contribution in [0.4, 0.5) is 0 Å². The highest BCUT2D eigenvalue weighted by atomic mass is 32.1. The van der Waals surface area contributed by atoms with Crippen LogP contribution >= 0.6 is 11.3 Å². The zero-order valence-electron chi connectivity index (χ0n) is 12.3. The van der Waals surface area contributed by atoms with E-state index in [0.717, 1.165) is 22.9 Å². The first-order chi connectivity index (χ1) is 10.8. The van der Waals surface area contributed by atoms with Crippen LogP contribution in [0.2, 0.25) is 0 Å². The molecule has 3 aromatic rings. The Labute approximate surface area is 132 Å². The lowest BCUT2D eigenvalue weighted by atomic mass is 10.0. The zero-order valence-corrected chi connectivity index (χ0v) is 13.1. The third-order valence-electron chi connectivity index (χ3n) is 4.44. The van der Waals surface area contributed by atoms with Crippen molar-refractivity contribution in [2.45, 2.75) is 25.3 Å². The first-order valence-electron chi connectivity index (χ1n) is 7.75. The molecular formula is C16H19N4OS+. The summed E-state index contributed by atoms with van der Waals surface area (Å²) < 4.78 is 1.54. The van der Waals surface area contributed by atoms with Crippen molar-refractivity contribution in [2.24, 2.45) is 0 Å². The van der Waals surface area contributed by atoms with Crippen LogP contribution in [0, 0.1) is 0 Å². The van der Waals surface area contributed by atoms with E-state index in [1.807, 2.05) is 6.07 Å². The number of fused-ring (bicyclic) bond motifs is 1. The molecule has 3 heterocycles. The number of aromatic hydroxyl groups is 1. The van der Waals surface area contributed by atoms with Crippen LogP contribution in [0.15, 0.2) is 36.7 Å². The summed E-state index contributed by atoms with van der Waals surface area (Å²) in [4.78, 5) is 7.47. The molecule has 2 N–H and O–H groups in total. The summed E-state index contributed by atoms with van der Waals surface area (Å²) >= 11 is 1.55. The smallest absolute Gasteiger partial charge is 0.235 e. The Hall–Kier alpha value is -1.92. The zero-order chi connectivity index (χ0) is 14.9. The molecule has 0 spiro atoms. The van der Waals surface area contributed by atoms with Crippen molar-refractivity contribution < 1.29 is 10.0 Å². The fourth-order valence-electron chi connectivity index (χ4n) is 3.39. The van der Waals surface area contributed by atoms with E-state index in [9.17, 15) is 5.11 Å². The molecule has 2 aromatic heterocycles. The molecule has 1 atom stereocenters. The van der Waals surface area contributed by atoms with Gasteiger partial charge in [-0.2, -0.15) is 9.61 Å². The van der Waals surface area contributed by atoms with Crippen molar-refractivity contribution in [2.75, 3.05) is 13.1 Å². The predicted molar refractivity (Wildman–Crippen MR) is 85.4 cm³/mol. The van der Waals surface area contributed by atoms with Crippen molar-refractivity contribution in [3.8, 4) is 5.88 Å². The van der Waals surface area contributed by atoms with Crippen LogP contribution in [-0.2, 0) is 0 Å². The second-order valence-corrected chi connectivity index (χ2v) is 6.82. The van der Waals surface area contributed by atoms with E-state index in [2.05, 4.69) is 34.3 Å². The molecule has 1 aliphatic rings. The molecule has 1 saturated heterocycles. The van der Waals surface area contributed by atoms with Crippen molar-refractivity contribution in [3.05, 3.63) is 47.1 Å². The van der Waals surface area contributed by atoms with Gasteiger partial charge in [-0.1, -0.05) is 41.7 Å². The van der Waals surface area contributed by atoms with Gasteiger partial charge in [0.05, 0.1) is 13.1 Å². The predicted octanol–water partition coefficient (Wildman–Crippen LogP) is 1.65. The number of piperidine rings is 1. The Morgan fingerprint density at radius 2 is 1.91 bits per heavy atom. The van der Waals surface area contributed by atoms with Crippen molar-refractivity contribution in [1.29, 1.82) is 0 Å². The van der Waals surface area contributed by atoms with E-state index in [1.54, 1.807) is 15.9 Å². The van der Waals surface area contributed by atoms with Crippen LogP contribution in [0.5, 0.6) is 5.88 Å². The minimum atomic E-state index is 0.162. The molecule has 114 valence electrons. The highest BCUT2D eigenvalue weighted by molar-refractivity contribution is 7.17. The summed E-state index contributed by atoms with van der Waals surface area (Å²) in [5, 5.41) is 14.7. The van der Waals surface area contributed by atoms with Gasteiger partial charge < -0.3 is 10.0 Å². The van der Waals surface area contributed by atoms with Crippen LogP contribution in [-0.4, -0.2) is 32.8 Å². The topological polar surface area (TPSA) is 54.9 Å². The largest absolute Gasteiger partial charge is 0.492 e. The normalized spacial score (nSPS) is 17.8. The Kier molecular flexibility index (Phi) is 3.56. The minimum absolute atomic E-state index is 0.162. The van der Waals surface area contributed by atoms with Crippen LogP contribution in [0.25, 0.3) is 4.96 Å². The molecule has 0 saturated carbocycles. The number of aromatic nitrogens is 3. The molecule has 1 aromatic carbocycles.